The first-order valence-corrected chi connectivity index (χ1v) is 7.66. The Hall–Kier alpha value is -1.20. The molecule has 104 valence electrons. The van der Waals surface area contributed by atoms with Gasteiger partial charge in [0.2, 0.25) is 0 Å². The minimum absolute atomic E-state index is 0.258. The zero-order chi connectivity index (χ0) is 13.5. The minimum atomic E-state index is -0.928. The van der Waals surface area contributed by atoms with Crippen LogP contribution in [0.15, 0.2) is 24.3 Å². The van der Waals surface area contributed by atoms with Crippen LogP contribution in [-0.2, 0) is 0 Å². The summed E-state index contributed by atoms with van der Waals surface area (Å²) in [4.78, 5) is 10.8. The zero-order valence-corrected chi connectivity index (χ0v) is 11.6. The maximum Gasteiger partial charge on any atom is 0.335 e. The van der Waals surface area contributed by atoms with Gasteiger partial charge in [-0.25, -0.2) is 4.79 Å². The molecule has 1 aliphatic rings. The zero-order valence-electron chi connectivity index (χ0n) is 10.8. The predicted molar refractivity (Wildman–Crippen MR) is 77.2 cm³/mol. The fraction of sp³-hybridized carbons (Fsp3) is 0.500. The number of aromatic carboxylic acids is 1. The molecule has 0 aliphatic carbocycles. The molecular weight excluding hydrogens is 262 g/mol. The molecule has 1 saturated heterocycles. The maximum atomic E-state index is 10.8. The van der Waals surface area contributed by atoms with Crippen LogP contribution in [-0.4, -0.2) is 42.3 Å². The molecule has 0 radical (unpaired) electrons. The van der Waals surface area contributed by atoms with Gasteiger partial charge in [-0.2, -0.15) is 11.8 Å². The summed E-state index contributed by atoms with van der Waals surface area (Å²) in [7, 11) is 0. The van der Waals surface area contributed by atoms with E-state index in [9.17, 15) is 4.79 Å². The van der Waals surface area contributed by atoms with Crippen molar-refractivity contribution in [3.63, 3.8) is 0 Å². The summed E-state index contributed by atoms with van der Waals surface area (Å²) in [6.07, 6.45) is 1.30. The molecule has 0 saturated carbocycles. The van der Waals surface area contributed by atoms with Crippen LogP contribution >= 0.6 is 11.8 Å². The Morgan fingerprint density at radius 1 is 1.53 bits per heavy atom. The quantitative estimate of drug-likeness (QED) is 0.750. The number of ether oxygens (including phenoxy) is 1. The van der Waals surface area contributed by atoms with Gasteiger partial charge < -0.3 is 15.2 Å². The molecule has 2 N–H and O–H groups in total. The van der Waals surface area contributed by atoms with E-state index in [0.29, 0.717) is 12.4 Å². The van der Waals surface area contributed by atoms with Crippen molar-refractivity contribution >= 4 is 17.7 Å². The Bertz CT molecular complexity index is 419. The van der Waals surface area contributed by atoms with Crippen molar-refractivity contribution in [3.8, 4) is 5.75 Å². The third-order valence-electron chi connectivity index (χ3n) is 3.09. The molecule has 1 atom stereocenters. The fourth-order valence-corrected chi connectivity index (χ4v) is 3.29. The van der Waals surface area contributed by atoms with Crippen molar-refractivity contribution in [1.82, 2.24) is 5.32 Å². The number of carboxylic acid groups (broad SMARTS) is 1. The number of benzene rings is 1. The monoisotopic (exact) mass is 281 g/mol. The lowest BCUT2D eigenvalue weighted by atomic mass is 10.1. The molecule has 0 aromatic heterocycles. The van der Waals surface area contributed by atoms with Crippen LogP contribution in [0.2, 0.25) is 0 Å². The van der Waals surface area contributed by atoms with E-state index in [4.69, 9.17) is 9.84 Å². The summed E-state index contributed by atoms with van der Waals surface area (Å²) in [6, 6.07) is 6.59. The number of nitrogens with one attached hydrogen (secondary N) is 1. The molecule has 1 aliphatic heterocycles. The normalized spacial score (nSPS) is 18.4. The Morgan fingerprint density at radius 3 is 3.16 bits per heavy atom. The van der Waals surface area contributed by atoms with Gasteiger partial charge in [-0.05, 0) is 48.6 Å². The van der Waals surface area contributed by atoms with Gasteiger partial charge in [0.1, 0.15) is 12.4 Å². The summed E-state index contributed by atoms with van der Waals surface area (Å²) in [5, 5.41) is 12.3. The van der Waals surface area contributed by atoms with Crippen LogP contribution < -0.4 is 10.1 Å². The molecule has 19 heavy (non-hydrogen) atoms. The van der Waals surface area contributed by atoms with E-state index < -0.39 is 5.97 Å². The summed E-state index contributed by atoms with van der Waals surface area (Å²) in [5.41, 5.74) is 0.258. The first-order valence-electron chi connectivity index (χ1n) is 6.50. The topological polar surface area (TPSA) is 58.6 Å². The van der Waals surface area contributed by atoms with Gasteiger partial charge in [0.05, 0.1) is 5.56 Å². The lowest BCUT2D eigenvalue weighted by Crippen LogP contribution is -2.27. The summed E-state index contributed by atoms with van der Waals surface area (Å²) in [6.45, 7) is 2.40. The number of hydrogen-bond donors (Lipinski definition) is 2. The maximum absolute atomic E-state index is 10.8. The van der Waals surface area contributed by atoms with E-state index in [2.05, 4.69) is 5.32 Å². The Labute approximate surface area is 117 Å². The average Bonchev–Trinajstić information content (AvgIpc) is 2.92. The van der Waals surface area contributed by atoms with Gasteiger partial charge in [0, 0.05) is 6.54 Å². The van der Waals surface area contributed by atoms with Crippen LogP contribution in [0.1, 0.15) is 16.8 Å². The van der Waals surface area contributed by atoms with E-state index in [-0.39, 0.29) is 5.56 Å². The van der Waals surface area contributed by atoms with Gasteiger partial charge in [-0.3, -0.25) is 0 Å². The van der Waals surface area contributed by atoms with Crippen LogP contribution in [0.25, 0.3) is 0 Å². The molecule has 1 aromatic carbocycles. The number of carbonyl (C=O) groups is 1. The van der Waals surface area contributed by atoms with Gasteiger partial charge in [-0.1, -0.05) is 6.07 Å². The van der Waals surface area contributed by atoms with Crippen molar-refractivity contribution in [2.45, 2.75) is 6.42 Å². The molecule has 2 rings (SSSR count). The van der Waals surface area contributed by atoms with Crippen molar-refractivity contribution in [3.05, 3.63) is 29.8 Å². The first-order chi connectivity index (χ1) is 9.25. The highest BCUT2D eigenvalue weighted by atomic mass is 32.2. The molecular formula is C14H19NO3S. The van der Waals surface area contributed by atoms with E-state index in [1.54, 1.807) is 24.3 Å². The van der Waals surface area contributed by atoms with E-state index in [1.165, 1.54) is 17.9 Å². The molecule has 1 unspecified atom stereocenters. The largest absolute Gasteiger partial charge is 0.492 e. The number of hydrogen-bond acceptors (Lipinski definition) is 4. The second-order valence-electron chi connectivity index (χ2n) is 4.62. The minimum Gasteiger partial charge on any atom is -0.492 e. The van der Waals surface area contributed by atoms with Crippen molar-refractivity contribution in [2.24, 2.45) is 5.92 Å². The number of thioether (sulfide) groups is 1. The third kappa shape index (κ3) is 4.76. The van der Waals surface area contributed by atoms with E-state index in [0.717, 1.165) is 19.0 Å². The van der Waals surface area contributed by atoms with Crippen LogP contribution in [0.4, 0.5) is 0 Å². The predicted octanol–water partition coefficient (Wildman–Crippen LogP) is 2.11. The highest BCUT2D eigenvalue weighted by molar-refractivity contribution is 7.99. The highest BCUT2D eigenvalue weighted by Crippen LogP contribution is 2.22. The molecule has 1 aromatic rings. The first kappa shape index (κ1) is 14.2. The molecule has 0 bridgehead atoms. The molecule has 5 heteroatoms. The highest BCUT2D eigenvalue weighted by Gasteiger charge is 2.14. The Morgan fingerprint density at radius 2 is 2.42 bits per heavy atom. The number of rotatable bonds is 7. The van der Waals surface area contributed by atoms with Crippen LogP contribution in [0, 0.1) is 5.92 Å². The SMILES string of the molecule is O=C(O)c1cccc(OCCNCC2CCSC2)c1. The Kier molecular flexibility index (Phi) is 5.54. The van der Waals surface area contributed by atoms with Crippen LogP contribution in [0.3, 0.4) is 0 Å². The molecule has 0 spiro atoms. The summed E-state index contributed by atoms with van der Waals surface area (Å²) in [5.74, 6) is 3.01. The van der Waals surface area contributed by atoms with Crippen molar-refractivity contribution in [2.75, 3.05) is 31.2 Å². The summed E-state index contributed by atoms with van der Waals surface area (Å²) < 4.78 is 5.53. The molecule has 0 amide bonds. The van der Waals surface area contributed by atoms with Gasteiger partial charge in [0.15, 0.2) is 0 Å². The molecule has 1 fully saturated rings. The second kappa shape index (κ2) is 7.40. The fourth-order valence-electron chi connectivity index (χ4n) is 2.01. The summed E-state index contributed by atoms with van der Waals surface area (Å²) >= 11 is 2.02. The van der Waals surface area contributed by atoms with Crippen molar-refractivity contribution in [1.29, 1.82) is 0 Å². The average molecular weight is 281 g/mol. The Balaban J connectivity index is 1.64. The second-order valence-corrected chi connectivity index (χ2v) is 5.77. The van der Waals surface area contributed by atoms with E-state index in [1.807, 2.05) is 11.8 Å². The lowest BCUT2D eigenvalue weighted by molar-refractivity contribution is 0.0696. The van der Waals surface area contributed by atoms with E-state index >= 15 is 0 Å². The van der Waals surface area contributed by atoms with Gasteiger partial charge >= 0.3 is 5.97 Å². The van der Waals surface area contributed by atoms with Gasteiger partial charge in [-0.15, -0.1) is 0 Å². The van der Waals surface area contributed by atoms with Crippen molar-refractivity contribution < 1.29 is 14.6 Å². The van der Waals surface area contributed by atoms with Crippen LogP contribution in [0.5, 0.6) is 5.75 Å². The lowest BCUT2D eigenvalue weighted by Gasteiger charge is -2.11. The van der Waals surface area contributed by atoms with Gasteiger partial charge in [0.25, 0.3) is 0 Å². The number of carboxylic acids is 1. The third-order valence-corrected chi connectivity index (χ3v) is 4.32. The smallest absolute Gasteiger partial charge is 0.335 e. The standard InChI is InChI=1S/C14H19NO3S/c16-14(17)12-2-1-3-13(8-12)18-6-5-15-9-11-4-7-19-10-11/h1-3,8,11,15H,4-7,9-10H2,(H,16,17). The molecule has 1 heterocycles. The molecule has 4 nitrogen and oxygen atoms in total.